The van der Waals surface area contributed by atoms with Crippen LogP contribution in [0.1, 0.15) is 37.1 Å². The fraction of sp³-hybridized carbons (Fsp3) is 0.333. The molecule has 0 unspecified atom stereocenters. The summed E-state index contributed by atoms with van der Waals surface area (Å²) in [6.45, 7) is 4.32. The van der Waals surface area contributed by atoms with Gasteiger partial charge in [-0.05, 0) is 49.2 Å². The van der Waals surface area contributed by atoms with Crippen molar-refractivity contribution >= 4 is 0 Å². The molecule has 0 radical (unpaired) electrons. The first-order valence-electron chi connectivity index (χ1n) is 7.18. The van der Waals surface area contributed by atoms with E-state index in [0.29, 0.717) is 0 Å². The Morgan fingerprint density at radius 1 is 0.762 bits per heavy atom. The number of rotatable bonds is 6. The third-order valence-electron chi connectivity index (χ3n) is 3.69. The maximum atomic E-state index is 5.28. The number of nitrogens with one attached hydrogen (secondary N) is 1. The highest BCUT2D eigenvalue weighted by atomic mass is 16.5. The van der Waals surface area contributed by atoms with Crippen molar-refractivity contribution in [2.45, 2.75) is 25.9 Å². The Bertz CT molecular complexity index is 531. The van der Waals surface area contributed by atoms with Gasteiger partial charge in [-0.3, -0.25) is 0 Å². The van der Waals surface area contributed by atoms with Gasteiger partial charge in [0, 0.05) is 12.1 Å². The highest BCUT2D eigenvalue weighted by Gasteiger charge is 2.12. The maximum Gasteiger partial charge on any atom is 0.119 e. The molecule has 0 aliphatic carbocycles. The van der Waals surface area contributed by atoms with Crippen LogP contribution in [0.15, 0.2) is 48.5 Å². The quantitative estimate of drug-likeness (QED) is 0.866. The van der Waals surface area contributed by atoms with Crippen molar-refractivity contribution in [1.29, 1.82) is 0 Å². The van der Waals surface area contributed by atoms with E-state index in [4.69, 9.17) is 9.47 Å². The minimum Gasteiger partial charge on any atom is -0.497 e. The van der Waals surface area contributed by atoms with Gasteiger partial charge in [-0.25, -0.2) is 0 Å². The van der Waals surface area contributed by atoms with Crippen LogP contribution in [0.5, 0.6) is 11.5 Å². The summed E-state index contributed by atoms with van der Waals surface area (Å²) >= 11 is 0. The van der Waals surface area contributed by atoms with Gasteiger partial charge in [0.15, 0.2) is 0 Å². The van der Waals surface area contributed by atoms with E-state index in [1.165, 1.54) is 11.1 Å². The predicted octanol–water partition coefficient (Wildman–Crippen LogP) is 4.12. The van der Waals surface area contributed by atoms with E-state index in [0.717, 1.165) is 11.5 Å². The molecule has 112 valence electrons. The fourth-order valence-corrected chi connectivity index (χ4v) is 2.39. The van der Waals surface area contributed by atoms with Crippen molar-refractivity contribution in [3.8, 4) is 11.5 Å². The molecule has 0 aromatic heterocycles. The summed E-state index contributed by atoms with van der Waals surface area (Å²) in [4.78, 5) is 0. The Morgan fingerprint density at radius 3 is 1.57 bits per heavy atom. The van der Waals surface area contributed by atoms with Gasteiger partial charge in [0.1, 0.15) is 11.5 Å². The second-order valence-corrected chi connectivity index (χ2v) is 5.16. The second-order valence-electron chi connectivity index (χ2n) is 5.16. The van der Waals surface area contributed by atoms with Crippen LogP contribution in [-0.2, 0) is 0 Å². The predicted molar refractivity (Wildman–Crippen MR) is 86.0 cm³/mol. The van der Waals surface area contributed by atoms with E-state index in [1.54, 1.807) is 14.2 Å². The topological polar surface area (TPSA) is 30.5 Å². The van der Waals surface area contributed by atoms with Crippen LogP contribution in [0.2, 0.25) is 0 Å². The molecule has 2 aromatic rings. The van der Waals surface area contributed by atoms with Crippen molar-refractivity contribution in [3.05, 3.63) is 59.7 Å². The van der Waals surface area contributed by atoms with Crippen LogP contribution >= 0.6 is 0 Å². The molecule has 3 heteroatoms. The Morgan fingerprint density at radius 2 is 1.19 bits per heavy atom. The normalized spacial score (nSPS) is 13.5. The smallest absolute Gasteiger partial charge is 0.119 e. The van der Waals surface area contributed by atoms with E-state index in [9.17, 15) is 0 Å². The van der Waals surface area contributed by atoms with E-state index in [1.807, 2.05) is 24.3 Å². The molecule has 0 aliphatic rings. The summed E-state index contributed by atoms with van der Waals surface area (Å²) in [6, 6.07) is 16.8. The van der Waals surface area contributed by atoms with Crippen molar-refractivity contribution in [1.82, 2.24) is 5.32 Å². The third kappa shape index (κ3) is 3.99. The SMILES string of the molecule is COc1cccc([C@H](C)N[C@H](C)c2cccc(OC)c2)c1. The Hall–Kier alpha value is -2.00. The average Bonchev–Trinajstić information content (AvgIpc) is 2.54. The van der Waals surface area contributed by atoms with Crippen LogP contribution in [0.4, 0.5) is 0 Å². The van der Waals surface area contributed by atoms with Gasteiger partial charge in [-0.1, -0.05) is 24.3 Å². The monoisotopic (exact) mass is 285 g/mol. The lowest BCUT2D eigenvalue weighted by molar-refractivity contribution is 0.410. The molecular weight excluding hydrogens is 262 g/mol. The van der Waals surface area contributed by atoms with Crippen LogP contribution in [0, 0.1) is 0 Å². The van der Waals surface area contributed by atoms with E-state index >= 15 is 0 Å². The molecular formula is C18H23NO2. The summed E-state index contributed by atoms with van der Waals surface area (Å²) in [5, 5.41) is 3.60. The summed E-state index contributed by atoms with van der Waals surface area (Å²) in [5.41, 5.74) is 2.42. The molecule has 0 saturated heterocycles. The van der Waals surface area contributed by atoms with E-state index in [-0.39, 0.29) is 12.1 Å². The zero-order valence-electron chi connectivity index (χ0n) is 13.1. The van der Waals surface area contributed by atoms with Gasteiger partial charge in [0.25, 0.3) is 0 Å². The molecule has 0 bridgehead atoms. The van der Waals surface area contributed by atoms with Crippen molar-refractivity contribution in [2.75, 3.05) is 14.2 Å². The van der Waals surface area contributed by atoms with Crippen LogP contribution in [-0.4, -0.2) is 14.2 Å². The average molecular weight is 285 g/mol. The van der Waals surface area contributed by atoms with Crippen LogP contribution in [0.3, 0.4) is 0 Å². The molecule has 1 N–H and O–H groups in total. The molecule has 3 nitrogen and oxygen atoms in total. The van der Waals surface area contributed by atoms with Crippen molar-refractivity contribution < 1.29 is 9.47 Å². The fourth-order valence-electron chi connectivity index (χ4n) is 2.39. The lowest BCUT2D eigenvalue weighted by atomic mass is 10.0. The van der Waals surface area contributed by atoms with Gasteiger partial charge in [0.2, 0.25) is 0 Å². The molecule has 2 aromatic carbocycles. The zero-order chi connectivity index (χ0) is 15.2. The minimum absolute atomic E-state index is 0.237. The standard InChI is InChI=1S/C18H23NO2/c1-13(15-7-5-9-17(11-15)20-3)19-14(2)16-8-6-10-18(12-16)21-4/h5-14,19H,1-4H3/t13-,14+. The summed E-state index contributed by atoms with van der Waals surface area (Å²) < 4.78 is 10.6. The number of benzene rings is 2. The summed E-state index contributed by atoms with van der Waals surface area (Å²) in [7, 11) is 3.38. The molecule has 0 heterocycles. The molecule has 2 atom stereocenters. The van der Waals surface area contributed by atoms with Crippen molar-refractivity contribution in [2.24, 2.45) is 0 Å². The number of hydrogen-bond acceptors (Lipinski definition) is 3. The first-order valence-corrected chi connectivity index (χ1v) is 7.18. The number of ether oxygens (including phenoxy) is 2. The highest BCUT2D eigenvalue weighted by molar-refractivity contribution is 5.32. The molecule has 0 amide bonds. The number of hydrogen-bond donors (Lipinski definition) is 1. The Labute approximate surface area is 126 Å². The first kappa shape index (κ1) is 15.4. The molecule has 0 aliphatic heterocycles. The number of methoxy groups -OCH3 is 2. The largest absolute Gasteiger partial charge is 0.497 e. The lowest BCUT2D eigenvalue weighted by Gasteiger charge is -2.21. The summed E-state index contributed by atoms with van der Waals surface area (Å²) in [5.74, 6) is 1.77. The maximum absolute atomic E-state index is 5.28. The van der Waals surface area contributed by atoms with Crippen LogP contribution < -0.4 is 14.8 Å². The second kappa shape index (κ2) is 7.14. The van der Waals surface area contributed by atoms with Gasteiger partial charge < -0.3 is 14.8 Å². The summed E-state index contributed by atoms with van der Waals surface area (Å²) in [6.07, 6.45) is 0. The van der Waals surface area contributed by atoms with Gasteiger partial charge >= 0.3 is 0 Å². The van der Waals surface area contributed by atoms with Crippen LogP contribution in [0.25, 0.3) is 0 Å². The molecule has 0 spiro atoms. The van der Waals surface area contributed by atoms with E-state index < -0.39 is 0 Å². The molecule has 0 saturated carbocycles. The van der Waals surface area contributed by atoms with Gasteiger partial charge in [-0.2, -0.15) is 0 Å². The lowest BCUT2D eigenvalue weighted by Crippen LogP contribution is -2.22. The van der Waals surface area contributed by atoms with Crippen molar-refractivity contribution in [3.63, 3.8) is 0 Å². The Balaban J connectivity index is 2.08. The molecule has 21 heavy (non-hydrogen) atoms. The Kier molecular flexibility index (Phi) is 5.23. The minimum atomic E-state index is 0.237. The van der Waals surface area contributed by atoms with E-state index in [2.05, 4.69) is 43.4 Å². The van der Waals surface area contributed by atoms with Gasteiger partial charge in [-0.15, -0.1) is 0 Å². The zero-order valence-corrected chi connectivity index (χ0v) is 13.1. The molecule has 0 fully saturated rings. The van der Waals surface area contributed by atoms with Gasteiger partial charge in [0.05, 0.1) is 14.2 Å². The highest BCUT2D eigenvalue weighted by Crippen LogP contribution is 2.24. The first-order chi connectivity index (χ1) is 10.1. The third-order valence-corrected chi connectivity index (χ3v) is 3.69. The molecule has 2 rings (SSSR count).